The Morgan fingerprint density at radius 2 is 1.94 bits per heavy atom. The molecule has 0 aromatic rings. The number of hydrogen-bond donors (Lipinski definition) is 1. The van der Waals surface area contributed by atoms with Crippen LogP contribution in [0.5, 0.6) is 0 Å². The van der Waals surface area contributed by atoms with E-state index in [-0.39, 0.29) is 23.2 Å². The molecule has 2 aliphatic carbocycles. The van der Waals surface area contributed by atoms with Crippen molar-refractivity contribution in [3.8, 4) is 0 Å². The summed E-state index contributed by atoms with van der Waals surface area (Å²) in [7, 11) is 0. The molecule has 4 nitrogen and oxygen atoms in total. The third-order valence-electron chi connectivity index (χ3n) is 4.98. The van der Waals surface area contributed by atoms with Crippen molar-refractivity contribution in [3.05, 3.63) is 0 Å². The Balaban J connectivity index is 1.88. The lowest BCUT2D eigenvalue weighted by Crippen LogP contribution is -2.34. The SMILES string of the molecule is C[C@]12CCC3(CC(=O)[C@@H]1CC[C@@H]2O)OCCO3. The number of ketones is 1. The van der Waals surface area contributed by atoms with Gasteiger partial charge >= 0.3 is 0 Å². The van der Waals surface area contributed by atoms with Gasteiger partial charge < -0.3 is 14.6 Å². The maximum absolute atomic E-state index is 12.3. The van der Waals surface area contributed by atoms with Crippen molar-refractivity contribution in [2.75, 3.05) is 13.2 Å². The second-order valence-electron chi connectivity index (χ2n) is 5.90. The molecule has 1 heterocycles. The average molecular weight is 240 g/mol. The first-order valence-corrected chi connectivity index (χ1v) is 6.54. The van der Waals surface area contributed by atoms with Crippen LogP contribution in [-0.4, -0.2) is 36.0 Å². The first kappa shape index (κ1) is 11.6. The summed E-state index contributed by atoms with van der Waals surface area (Å²) in [4.78, 5) is 12.3. The molecule has 17 heavy (non-hydrogen) atoms. The van der Waals surface area contributed by atoms with Crippen LogP contribution in [0.1, 0.15) is 39.0 Å². The minimum atomic E-state index is -0.676. The van der Waals surface area contributed by atoms with Gasteiger partial charge in [-0.15, -0.1) is 0 Å². The Kier molecular flexibility index (Phi) is 2.58. The van der Waals surface area contributed by atoms with E-state index in [1.807, 2.05) is 6.92 Å². The van der Waals surface area contributed by atoms with Gasteiger partial charge in [0.15, 0.2) is 5.79 Å². The summed E-state index contributed by atoms with van der Waals surface area (Å²) in [6, 6.07) is 0. The molecule has 4 heteroatoms. The van der Waals surface area contributed by atoms with Crippen molar-refractivity contribution in [1.82, 2.24) is 0 Å². The highest BCUT2D eigenvalue weighted by Crippen LogP contribution is 2.52. The lowest BCUT2D eigenvalue weighted by Gasteiger charge is -2.32. The zero-order valence-corrected chi connectivity index (χ0v) is 10.3. The molecular weight excluding hydrogens is 220 g/mol. The fraction of sp³-hybridized carbons (Fsp3) is 0.923. The van der Waals surface area contributed by atoms with E-state index in [1.54, 1.807) is 0 Å². The van der Waals surface area contributed by atoms with Crippen molar-refractivity contribution in [3.63, 3.8) is 0 Å². The molecular formula is C13H20O4. The summed E-state index contributed by atoms with van der Waals surface area (Å²) in [6.07, 6.45) is 3.11. The first-order valence-electron chi connectivity index (χ1n) is 6.54. The quantitative estimate of drug-likeness (QED) is 0.692. The summed E-state index contributed by atoms with van der Waals surface area (Å²) in [5.74, 6) is -0.474. The molecule has 1 N–H and O–H groups in total. The zero-order valence-electron chi connectivity index (χ0n) is 10.3. The summed E-state index contributed by atoms with van der Waals surface area (Å²) in [6.45, 7) is 3.20. The van der Waals surface area contributed by atoms with Crippen LogP contribution in [-0.2, 0) is 14.3 Å². The molecule has 1 spiro atoms. The van der Waals surface area contributed by atoms with Crippen LogP contribution < -0.4 is 0 Å². The van der Waals surface area contributed by atoms with Gasteiger partial charge in [-0.2, -0.15) is 0 Å². The average Bonchev–Trinajstić information content (AvgIpc) is 2.82. The normalized spacial score (nSPS) is 44.9. The van der Waals surface area contributed by atoms with Crippen LogP contribution in [0, 0.1) is 11.3 Å². The molecule has 0 bridgehead atoms. The Labute approximate surface area is 101 Å². The van der Waals surface area contributed by atoms with Crippen LogP contribution in [0.15, 0.2) is 0 Å². The minimum absolute atomic E-state index is 0.00956. The van der Waals surface area contributed by atoms with E-state index >= 15 is 0 Å². The number of fused-ring (bicyclic) bond motifs is 1. The molecule has 3 atom stereocenters. The van der Waals surface area contributed by atoms with Gasteiger partial charge in [0.05, 0.1) is 25.7 Å². The molecule has 0 unspecified atom stereocenters. The number of hydrogen-bond acceptors (Lipinski definition) is 4. The van der Waals surface area contributed by atoms with E-state index in [0.717, 1.165) is 25.7 Å². The second-order valence-corrected chi connectivity index (χ2v) is 5.90. The molecule has 2 saturated carbocycles. The molecule has 0 amide bonds. The number of rotatable bonds is 0. The highest BCUT2D eigenvalue weighted by Gasteiger charge is 2.55. The van der Waals surface area contributed by atoms with Gasteiger partial charge in [0.2, 0.25) is 0 Å². The minimum Gasteiger partial charge on any atom is -0.393 e. The zero-order chi connectivity index (χ0) is 12.1. The summed E-state index contributed by atoms with van der Waals surface area (Å²) in [5.41, 5.74) is -0.268. The molecule has 3 fully saturated rings. The predicted molar refractivity (Wildman–Crippen MR) is 60.3 cm³/mol. The van der Waals surface area contributed by atoms with Crippen LogP contribution in [0.25, 0.3) is 0 Å². The maximum atomic E-state index is 12.3. The van der Waals surface area contributed by atoms with Crippen molar-refractivity contribution in [2.45, 2.75) is 50.9 Å². The Bertz CT molecular complexity index is 334. The molecule has 0 aromatic carbocycles. The highest BCUT2D eigenvalue weighted by atomic mass is 16.7. The number of ether oxygens (including phenoxy) is 2. The van der Waals surface area contributed by atoms with Gasteiger partial charge in [-0.3, -0.25) is 4.79 Å². The van der Waals surface area contributed by atoms with Crippen molar-refractivity contribution in [2.24, 2.45) is 11.3 Å². The van der Waals surface area contributed by atoms with E-state index < -0.39 is 5.79 Å². The Morgan fingerprint density at radius 3 is 2.65 bits per heavy atom. The summed E-state index contributed by atoms with van der Waals surface area (Å²) in [5, 5.41) is 10.1. The monoisotopic (exact) mass is 240 g/mol. The molecule has 3 aliphatic rings. The smallest absolute Gasteiger partial charge is 0.175 e. The number of aliphatic hydroxyl groups is 1. The van der Waals surface area contributed by atoms with Crippen molar-refractivity contribution >= 4 is 5.78 Å². The van der Waals surface area contributed by atoms with Crippen LogP contribution >= 0.6 is 0 Å². The molecule has 0 aromatic heterocycles. The van der Waals surface area contributed by atoms with E-state index in [9.17, 15) is 9.90 Å². The van der Waals surface area contributed by atoms with Crippen LogP contribution in [0.4, 0.5) is 0 Å². The number of aliphatic hydroxyl groups excluding tert-OH is 1. The Hall–Kier alpha value is -0.450. The number of carbonyl (C=O) groups is 1. The third kappa shape index (κ3) is 1.65. The van der Waals surface area contributed by atoms with E-state index in [4.69, 9.17) is 9.47 Å². The lowest BCUT2D eigenvalue weighted by molar-refractivity contribution is -0.171. The van der Waals surface area contributed by atoms with Crippen LogP contribution in [0.2, 0.25) is 0 Å². The van der Waals surface area contributed by atoms with E-state index in [1.165, 1.54) is 0 Å². The predicted octanol–water partition coefficient (Wildman–Crippen LogP) is 1.26. The second kappa shape index (κ2) is 3.77. The highest BCUT2D eigenvalue weighted by molar-refractivity contribution is 5.83. The van der Waals surface area contributed by atoms with E-state index in [2.05, 4.69) is 0 Å². The molecule has 96 valence electrons. The largest absolute Gasteiger partial charge is 0.393 e. The number of Topliss-reactive ketones (excluding diaryl/α,β-unsaturated/α-hetero) is 1. The Morgan fingerprint density at radius 1 is 1.24 bits per heavy atom. The van der Waals surface area contributed by atoms with Gasteiger partial charge in [0, 0.05) is 17.8 Å². The van der Waals surface area contributed by atoms with Crippen molar-refractivity contribution < 1.29 is 19.4 Å². The first-order chi connectivity index (χ1) is 8.06. The van der Waals surface area contributed by atoms with E-state index in [0.29, 0.717) is 19.6 Å². The lowest BCUT2D eigenvalue weighted by atomic mass is 9.74. The summed E-state index contributed by atoms with van der Waals surface area (Å²) < 4.78 is 11.3. The van der Waals surface area contributed by atoms with Gasteiger partial charge in [0.25, 0.3) is 0 Å². The molecule has 1 aliphatic heterocycles. The number of carbonyl (C=O) groups excluding carboxylic acids is 1. The fourth-order valence-corrected chi connectivity index (χ4v) is 3.77. The van der Waals surface area contributed by atoms with Crippen LogP contribution in [0.3, 0.4) is 0 Å². The summed E-state index contributed by atoms with van der Waals surface area (Å²) >= 11 is 0. The standard InChI is InChI=1S/C13H20O4/c1-12-4-5-13(16-6-7-17-13)8-10(14)9(12)2-3-11(12)15/h9,11,15H,2-8H2,1H3/t9-,11-,12-/m0/s1. The van der Waals surface area contributed by atoms with Gasteiger partial charge in [-0.1, -0.05) is 6.92 Å². The topological polar surface area (TPSA) is 55.8 Å². The maximum Gasteiger partial charge on any atom is 0.175 e. The molecule has 0 radical (unpaired) electrons. The fourth-order valence-electron chi connectivity index (χ4n) is 3.77. The van der Waals surface area contributed by atoms with Crippen molar-refractivity contribution in [1.29, 1.82) is 0 Å². The molecule has 3 rings (SSSR count). The van der Waals surface area contributed by atoms with Gasteiger partial charge in [-0.25, -0.2) is 0 Å². The van der Waals surface area contributed by atoms with Gasteiger partial charge in [0.1, 0.15) is 5.78 Å². The van der Waals surface area contributed by atoms with Gasteiger partial charge in [-0.05, 0) is 19.3 Å². The molecule has 1 saturated heterocycles. The third-order valence-corrected chi connectivity index (χ3v) is 4.98.